The highest BCUT2D eigenvalue weighted by atomic mass is 16.5. The quantitative estimate of drug-likeness (QED) is 0.740. The number of methoxy groups -OCH3 is 3. The van der Waals surface area contributed by atoms with Crippen LogP contribution in [0.3, 0.4) is 0 Å². The van der Waals surface area contributed by atoms with Crippen LogP contribution < -0.4 is 9.47 Å². The van der Waals surface area contributed by atoms with Gasteiger partial charge in [-0.05, 0) is 24.6 Å². The molecule has 0 radical (unpaired) electrons. The Labute approximate surface area is 84.6 Å². The first-order chi connectivity index (χ1) is 6.72. The van der Waals surface area contributed by atoms with Gasteiger partial charge in [-0.1, -0.05) is 6.07 Å². The van der Waals surface area contributed by atoms with E-state index in [9.17, 15) is 0 Å². The van der Waals surface area contributed by atoms with E-state index >= 15 is 0 Å². The van der Waals surface area contributed by atoms with Crippen molar-refractivity contribution in [3.05, 3.63) is 23.8 Å². The molecular weight excluding hydrogens is 180 g/mol. The number of rotatable bonds is 4. The second-order valence-corrected chi connectivity index (χ2v) is 2.99. The van der Waals surface area contributed by atoms with Gasteiger partial charge in [0, 0.05) is 7.11 Å². The molecule has 0 N–H and O–H groups in total. The van der Waals surface area contributed by atoms with Crippen LogP contribution in [0.1, 0.15) is 18.6 Å². The van der Waals surface area contributed by atoms with Gasteiger partial charge < -0.3 is 14.2 Å². The van der Waals surface area contributed by atoms with Gasteiger partial charge in [0.15, 0.2) is 11.5 Å². The Hall–Kier alpha value is -1.22. The minimum absolute atomic E-state index is 0.0646. The van der Waals surface area contributed by atoms with Crippen molar-refractivity contribution in [2.75, 3.05) is 21.3 Å². The predicted octanol–water partition coefficient (Wildman–Crippen LogP) is 2.41. The lowest BCUT2D eigenvalue weighted by Crippen LogP contribution is -1.97. The number of benzene rings is 1. The molecule has 3 nitrogen and oxygen atoms in total. The zero-order chi connectivity index (χ0) is 10.6. The number of hydrogen-bond acceptors (Lipinski definition) is 3. The highest BCUT2D eigenvalue weighted by Gasteiger charge is 2.08. The van der Waals surface area contributed by atoms with Gasteiger partial charge in [0.2, 0.25) is 0 Å². The molecule has 0 spiro atoms. The first kappa shape index (κ1) is 10.9. The van der Waals surface area contributed by atoms with Crippen LogP contribution in [0, 0.1) is 0 Å². The molecule has 1 aromatic rings. The summed E-state index contributed by atoms with van der Waals surface area (Å²) in [6.07, 6.45) is 0.0646. The molecule has 0 saturated carbocycles. The van der Waals surface area contributed by atoms with Gasteiger partial charge in [0.05, 0.1) is 20.3 Å². The highest BCUT2D eigenvalue weighted by Crippen LogP contribution is 2.30. The van der Waals surface area contributed by atoms with E-state index in [0.717, 1.165) is 17.1 Å². The van der Waals surface area contributed by atoms with Gasteiger partial charge in [0.25, 0.3) is 0 Å². The third-order valence-corrected chi connectivity index (χ3v) is 2.23. The molecule has 0 aliphatic rings. The molecule has 78 valence electrons. The SMILES string of the molecule is COc1ccc(C(C)OC)cc1OC. The molecule has 1 atom stereocenters. The fraction of sp³-hybridized carbons (Fsp3) is 0.455. The summed E-state index contributed by atoms with van der Waals surface area (Å²) in [5.74, 6) is 1.47. The van der Waals surface area contributed by atoms with E-state index in [4.69, 9.17) is 14.2 Å². The summed E-state index contributed by atoms with van der Waals surface area (Å²) in [7, 11) is 4.93. The molecule has 0 saturated heterocycles. The van der Waals surface area contributed by atoms with Gasteiger partial charge in [-0.15, -0.1) is 0 Å². The van der Waals surface area contributed by atoms with Crippen molar-refractivity contribution in [2.45, 2.75) is 13.0 Å². The molecule has 0 amide bonds. The summed E-state index contributed by atoms with van der Waals surface area (Å²) in [4.78, 5) is 0. The smallest absolute Gasteiger partial charge is 0.161 e. The summed E-state index contributed by atoms with van der Waals surface area (Å²) < 4.78 is 15.5. The average Bonchev–Trinajstić information content (AvgIpc) is 2.26. The Balaban J connectivity index is 3.01. The molecular formula is C11H16O3. The molecule has 14 heavy (non-hydrogen) atoms. The topological polar surface area (TPSA) is 27.7 Å². The first-order valence-electron chi connectivity index (χ1n) is 4.47. The standard InChI is InChI=1S/C11H16O3/c1-8(12-2)9-5-6-10(13-3)11(7-9)14-4/h5-8H,1-4H3. The third-order valence-electron chi connectivity index (χ3n) is 2.23. The van der Waals surface area contributed by atoms with E-state index in [1.807, 2.05) is 25.1 Å². The molecule has 3 heteroatoms. The maximum atomic E-state index is 5.21. The van der Waals surface area contributed by atoms with Crippen molar-refractivity contribution in [1.29, 1.82) is 0 Å². The summed E-state index contributed by atoms with van der Waals surface area (Å²) in [6.45, 7) is 1.99. The molecule has 1 unspecified atom stereocenters. The highest BCUT2D eigenvalue weighted by molar-refractivity contribution is 5.43. The maximum Gasteiger partial charge on any atom is 0.161 e. The molecule has 1 rings (SSSR count). The van der Waals surface area contributed by atoms with Crippen molar-refractivity contribution in [1.82, 2.24) is 0 Å². The van der Waals surface area contributed by atoms with Crippen LogP contribution in [0.2, 0.25) is 0 Å². The second-order valence-electron chi connectivity index (χ2n) is 2.99. The summed E-state index contributed by atoms with van der Waals surface area (Å²) in [5, 5.41) is 0. The Bertz CT molecular complexity index is 297. The van der Waals surface area contributed by atoms with E-state index < -0.39 is 0 Å². The van der Waals surface area contributed by atoms with Crippen molar-refractivity contribution in [3.63, 3.8) is 0 Å². The monoisotopic (exact) mass is 196 g/mol. The van der Waals surface area contributed by atoms with Crippen LogP contribution in [0.5, 0.6) is 11.5 Å². The van der Waals surface area contributed by atoms with Crippen LogP contribution in [-0.4, -0.2) is 21.3 Å². The Kier molecular flexibility index (Phi) is 3.77. The fourth-order valence-electron chi connectivity index (χ4n) is 1.24. The minimum atomic E-state index is 0.0646. The maximum absolute atomic E-state index is 5.21. The lowest BCUT2D eigenvalue weighted by atomic mass is 10.1. The van der Waals surface area contributed by atoms with Crippen LogP contribution in [-0.2, 0) is 4.74 Å². The van der Waals surface area contributed by atoms with Crippen LogP contribution in [0.4, 0.5) is 0 Å². The molecule has 0 bridgehead atoms. The molecule has 0 heterocycles. The molecule has 0 aliphatic carbocycles. The van der Waals surface area contributed by atoms with Gasteiger partial charge in [-0.2, -0.15) is 0 Å². The first-order valence-corrected chi connectivity index (χ1v) is 4.47. The van der Waals surface area contributed by atoms with Crippen molar-refractivity contribution in [2.24, 2.45) is 0 Å². The van der Waals surface area contributed by atoms with Crippen LogP contribution in [0.15, 0.2) is 18.2 Å². The summed E-state index contributed by atoms with van der Waals surface area (Å²) >= 11 is 0. The summed E-state index contributed by atoms with van der Waals surface area (Å²) in [6, 6.07) is 5.77. The van der Waals surface area contributed by atoms with Crippen LogP contribution in [0.25, 0.3) is 0 Å². The molecule has 0 fully saturated rings. The van der Waals surface area contributed by atoms with E-state index in [1.165, 1.54) is 0 Å². The van der Waals surface area contributed by atoms with Gasteiger partial charge in [-0.3, -0.25) is 0 Å². The van der Waals surface area contributed by atoms with Crippen LogP contribution >= 0.6 is 0 Å². The normalized spacial score (nSPS) is 12.3. The van der Waals surface area contributed by atoms with Gasteiger partial charge >= 0.3 is 0 Å². The lowest BCUT2D eigenvalue weighted by molar-refractivity contribution is 0.119. The molecule has 1 aromatic carbocycles. The summed E-state index contributed by atoms with van der Waals surface area (Å²) in [5.41, 5.74) is 1.07. The van der Waals surface area contributed by atoms with Gasteiger partial charge in [0.1, 0.15) is 0 Å². The number of ether oxygens (including phenoxy) is 3. The third kappa shape index (κ3) is 2.17. The minimum Gasteiger partial charge on any atom is -0.493 e. The Morgan fingerprint density at radius 3 is 2.14 bits per heavy atom. The van der Waals surface area contributed by atoms with E-state index in [1.54, 1.807) is 21.3 Å². The van der Waals surface area contributed by atoms with Crippen molar-refractivity contribution in [3.8, 4) is 11.5 Å². The van der Waals surface area contributed by atoms with Gasteiger partial charge in [-0.25, -0.2) is 0 Å². The van der Waals surface area contributed by atoms with E-state index in [2.05, 4.69) is 0 Å². The lowest BCUT2D eigenvalue weighted by Gasteiger charge is -2.13. The largest absolute Gasteiger partial charge is 0.493 e. The van der Waals surface area contributed by atoms with Crippen molar-refractivity contribution >= 4 is 0 Å². The zero-order valence-corrected chi connectivity index (χ0v) is 9.03. The molecule has 0 aromatic heterocycles. The zero-order valence-electron chi connectivity index (χ0n) is 9.03. The Morgan fingerprint density at radius 2 is 1.64 bits per heavy atom. The number of hydrogen-bond donors (Lipinski definition) is 0. The molecule has 0 aliphatic heterocycles. The second kappa shape index (κ2) is 4.86. The Morgan fingerprint density at radius 1 is 1.00 bits per heavy atom. The van der Waals surface area contributed by atoms with E-state index in [-0.39, 0.29) is 6.10 Å². The fourth-order valence-corrected chi connectivity index (χ4v) is 1.24. The predicted molar refractivity (Wildman–Crippen MR) is 55.0 cm³/mol. The average molecular weight is 196 g/mol. The van der Waals surface area contributed by atoms with Crippen molar-refractivity contribution < 1.29 is 14.2 Å². The van der Waals surface area contributed by atoms with E-state index in [0.29, 0.717) is 0 Å².